The summed E-state index contributed by atoms with van der Waals surface area (Å²) >= 11 is 4.69. The normalized spacial score (nSPS) is 12.3. The van der Waals surface area contributed by atoms with Gasteiger partial charge in [0.2, 0.25) is 0 Å². The molecule has 7 heteroatoms. The Hall–Kier alpha value is -0.890. The lowest BCUT2D eigenvalue weighted by atomic mass is 10.2. The molecule has 0 saturated carbocycles. The molecule has 0 saturated heterocycles. The third kappa shape index (κ3) is 4.29. The second-order valence-electron chi connectivity index (χ2n) is 4.58. The van der Waals surface area contributed by atoms with Gasteiger partial charge in [0.15, 0.2) is 0 Å². The van der Waals surface area contributed by atoms with Crippen molar-refractivity contribution in [1.82, 2.24) is 10.3 Å². The van der Waals surface area contributed by atoms with Crippen molar-refractivity contribution in [3.8, 4) is 10.6 Å². The highest BCUT2D eigenvalue weighted by atomic mass is 32.2. The van der Waals surface area contributed by atoms with Crippen LogP contribution in [0, 0.1) is 6.92 Å². The first-order valence-corrected chi connectivity index (χ1v) is 9.71. The van der Waals surface area contributed by atoms with E-state index in [1.807, 2.05) is 30.0 Å². The smallest absolute Gasteiger partial charge is 0.263 e. The first kappa shape index (κ1) is 16.5. The summed E-state index contributed by atoms with van der Waals surface area (Å²) in [5.74, 6) is 0.695. The third-order valence-corrected chi connectivity index (χ3v) is 5.58. The molecule has 0 fully saturated rings. The molecule has 0 aliphatic rings. The van der Waals surface area contributed by atoms with Crippen LogP contribution >= 0.6 is 34.4 Å². The fraction of sp³-hybridized carbons (Fsp3) is 0.429. The number of aliphatic hydroxyl groups is 1. The van der Waals surface area contributed by atoms with Gasteiger partial charge in [0, 0.05) is 29.3 Å². The van der Waals surface area contributed by atoms with Crippen molar-refractivity contribution in [3.05, 3.63) is 27.4 Å². The van der Waals surface area contributed by atoms with Gasteiger partial charge in [-0.3, -0.25) is 4.79 Å². The number of thiazole rings is 1. The Morgan fingerprint density at radius 3 is 3.00 bits per heavy atom. The van der Waals surface area contributed by atoms with Gasteiger partial charge in [-0.1, -0.05) is 0 Å². The first-order chi connectivity index (χ1) is 10.2. The van der Waals surface area contributed by atoms with E-state index in [1.54, 1.807) is 23.1 Å². The number of aryl methyl sites for hydroxylation is 1. The standard InChI is InChI=1S/C14H18N2O2S3/c1-9-12(13(18)16-11(3-5-17)8-19-2)21-14(15-9)10-4-6-20-7-10/h4,6-7,11,17H,3,5,8H2,1-2H3,(H,16,18). The monoisotopic (exact) mass is 342 g/mol. The zero-order valence-corrected chi connectivity index (χ0v) is 14.4. The highest BCUT2D eigenvalue weighted by Crippen LogP contribution is 2.29. The van der Waals surface area contributed by atoms with E-state index in [0.29, 0.717) is 11.3 Å². The van der Waals surface area contributed by atoms with Crippen LogP contribution in [0.15, 0.2) is 16.8 Å². The van der Waals surface area contributed by atoms with Gasteiger partial charge >= 0.3 is 0 Å². The minimum Gasteiger partial charge on any atom is -0.396 e. The molecule has 0 aliphatic heterocycles. The Morgan fingerprint density at radius 2 is 2.38 bits per heavy atom. The third-order valence-electron chi connectivity index (χ3n) is 2.95. The number of hydrogen-bond donors (Lipinski definition) is 2. The summed E-state index contributed by atoms with van der Waals surface area (Å²) in [6.45, 7) is 1.93. The van der Waals surface area contributed by atoms with Gasteiger partial charge in [-0.15, -0.1) is 11.3 Å². The van der Waals surface area contributed by atoms with Crippen molar-refractivity contribution >= 4 is 40.3 Å². The van der Waals surface area contributed by atoms with E-state index in [1.165, 1.54) is 11.3 Å². The van der Waals surface area contributed by atoms with Gasteiger partial charge in [-0.05, 0) is 31.0 Å². The van der Waals surface area contributed by atoms with E-state index >= 15 is 0 Å². The summed E-state index contributed by atoms with van der Waals surface area (Å²) in [6.07, 6.45) is 2.56. The largest absolute Gasteiger partial charge is 0.396 e. The van der Waals surface area contributed by atoms with Crippen molar-refractivity contribution in [3.63, 3.8) is 0 Å². The molecule has 1 atom stereocenters. The zero-order chi connectivity index (χ0) is 15.2. The Labute approximate surface area is 136 Å². The predicted octanol–water partition coefficient (Wildman–Crippen LogP) is 3.02. The van der Waals surface area contributed by atoms with Crippen LogP contribution in [0.5, 0.6) is 0 Å². The molecule has 21 heavy (non-hydrogen) atoms. The minimum atomic E-state index is -0.0982. The lowest BCUT2D eigenvalue weighted by Gasteiger charge is -2.16. The van der Waals surface area contributed by atoms with E-state index in [2.05, 4.69) is 10.3 Å². The van der Waals surface area contributed by atoms with Gasteiger partial charge in [0.1, 0.15) is 9.88 Å². The second-order valence-corrected chi connectivity index (χ2v) is 7.27. The molecule has 114 valence electrons. The summed E-state index contributed by atoms with van der Waals surface area (Å²) in [5.41, 5.74) is 1.81. The van der Waals surface area contributed by atoms with Crippen LogP contribution in [-0.4, -0.2) is 40.7 Å². The molecule has 2 N–H and O–H groups in total. The molecule has 0 spiro atoms. The maximum Gasteiger partial charge on any atom is 0.263 e. The van der Waals surface area contributed by atoms with E-state index in [0.717, 1.165) is 22.0 Å². The number of thiophene rings is 1. The molecule has 1 amide bonds. The molecule has 2 heterocycles. The van der Waals surface area contributed by atoms with E-state index < -0.39 is 0 Å². The fourth-order valence-corrected chi connectivity index (χ4v) is 4.26. The molecule has 4 nitrogen and oxygen atoms in total. The van der Waals surface area contributed by atoms with Gasteiger partial charge in [0.05, 0.1) is 5.69 Å². The number of hydrogen-bond acceptors (Lipinski definition) is 6. The second kappa shape index (κ2) is 7.93. The topological polar surface area (TPSA) is 62.2 Å². The SMILES string of the molecule is CSCC(CCO)NC(=O)c1sc(-c2ccsc2)nc1C. The van der Waals surface area contributed by atoms with Gasteiger partial charge in [0.25, 0.3) is 5.91 Å². The maximum atomic E-state index is 12.4. The predicted molar refractivity (Wildman–Crippen MR) is 91.5 cm³/mol. The van der Waals surface area contributed by atoms with Crippen LogP contribution < -0.4 is 5.32 Å². The van der Waals surface area contributed by atoms with Crippen LogP contribution in [0.2, 0.25) is 0 Å². The lowest BCUT2D eigenvalue weighted by Crippen LogP contribution is -2.37. The number of nitrogens with zero attached hydrogens (tertiary/aromatic N) is 1. The molecule has 2 rings (SSSR count). The Bertz CT molecular complexity index is 575. The summed E-state index contributed by atoms with van der Waals surface area (Å²) in [4.78, 5) is 17.5. The average Bonchev–Trinajstić information content (AvgIpc) is 3.08. The number of thioether (sulfide) groups is 1. The Morgan fingerprint density at radius 1 is 1.57 bits per heavy atom. The van der Waals surface area contributed by atoms with Crippen LogP contribution in [0.1, 0.15) is 21.8 Å². The first-order valence-electron chi connectivity index (χ1n) is 6.56. The van der Waals surface area contributed by atoms with Crippen LogP contribution in [-0.2, 0) is 0 Å². The zero-order valence-electron chi connectivity index (χ0n) is 12.0. The molecular weight excluding hydrogens is 324 g/mol. The number of carbonyl (C=O) groups is 1. The summed E-state index contributed by atoms with van der Waals surface area (Å²) in [5, 5.41) is 17.0. The number of rotatable bonds is 7. The van der Waals surface area contributed by atoms with E-state index in [4.69, 9.17) is 5.11 Å². The van der Waals surface area contributed by atoms with Crippen molar-refractivity contribution in [2.45, 2.75) is 19.4 Å². The highest BCUT2D eigenvalue weighted by Gasteiger charge is 2.19. The fourth-order valence-electron chi connectivity index (χ4n) is 1.92. The van der Waals surface area contributed by atoms with Gasteiger partial charge in [-0.25, -0.2) is 4.98 Å². The summed E-state index contributed by atoms with van der Waals surface area (Å²) in [7, 11) is 0. The molecule has 2 aromatic rings. The maximum absolute atomic E-state index is 12.4. The number of amides is 1. The Balaban J connectivity index is 2.12. The van der Waals surface area contributed by atoms with Crippen molar-refractivity contribution in [2.24, 2.45) is 0 Å². The average molecular weight is 343 g/mol. The van der Waals surface area contributed by atoms with Crippen LogP contribution in [0.25, 0.3) is 10.6 Å². The Kier molecular flexibility index (Phi) is 6.22. The van der Waals surface area contributed by atoms with Gasteiger partial charge in [-0.2, -0.15) is 23.1 Å². The van der Waals surface area contributed by atoms with Crippen molar-refractivity contribution in [2.75, 3.05) is 18.6 Å². The molecule has 0 radical (unpaired) electrons. The van der Waals surface area contributed by atoms with E-state index in [9.17, 15) is 4.79 Å². The molecule has 0 bridgehead atoms. The number of aliphatic hydroxyl groups excluding tert-OH is 1. The lowest BCUT2D eigenvalue weighted by molar-refractivity contribution is 0.0938. The number of carbonyl (C=O) groups excluding carboxylic acids is 1. The minimum absolute atomic E-state index is 0.0106. The molecule has 0 aromatic carbocycles. The molecule has 1 unspecified atom stereocenters. The summed E-state index contributed by atoms with van der Waals surface area (Å²) < 4.78 is 0. The molecule has 2 aromatic heterocycles. The number of nitrogens with one attached hydrogen (secondary N) is 1. The molecular formula is C14H18N2O2S3. The molecule has 0 aliphatic carbocycles. The quantitative estimate of drug-likeness (QED) is 0.812. The number of aromatic nitrogens is 1. The van der Waals surface area contributed by atoms with Crippen molar-refractivity contribution < 1.29 is 9.90 Å². The van der Waals surface area contributed by atoms with Crippen molar-refractivity contribution in [1.29, 1.82) is 0 Å². The van der Waals surface area contributed by atoms with E-state index in [-0.39, 0.29) is 18.6 Å². The summed E-state index contributed by atoms with van der Waals surface area (Å²) in [6, 6.07) is 2.00. The highest BCUT2D eigenvalue weighted by molar-refractivity contribution is 7.98. The van der Waals surface area contributed by atoms with Crippen LogP contribution in [0.4, 0.5) is 0 Å². The van der Waals surface area contributed by atoms with Gasteiger partial charge < -0.3 is 10.4 Å². The van der Waals surface area contributed by atoms with Crippen LogP contribution in [0.3, 0.4) is 0 Å².